The molecular weight excluding hydrogens is 244 g/mol. The second kappa shape index (κ2) is 6.99. The standard InChI is InChI=1S/C14H20N2O3/c1-11(17)16-7-6-15-5-4-12-2-3-13-14(10-12)19-9-8-18-13/h2-3,10,15H,4-9H2,1H3,(H,16,17). The number of fused-ring (bicyclic) bond motifs is 1. The molecule has 0 bridgehead atoms. The molecule has 0 aliphatic carbocycles. The van der Waals surface area contributed by atoms with Gasteiger partial charge in [-0.2, -0.15) is 0 Å². The largest absolute Gasteiger partial charge is 0.486 e. The first-order chi connectivity index (χ1) is 9.25. The number of benzene rings is 1. The summed E-state index contributed by atoms with van der Waals surface area (Å²) in [5.41, 5.74) is 1.22. The highest BCUT2D eigenvalue weighted by atomic mass is 16.6. The van der Waals surface area contributed by atoms with Crippen molar-refractivity contribution >= 4 is 5.91 Å². The predicted octanol–water partition coefficient (Wildman–Crippen LogP) is 0.726. The number of carbonyl (C=O) groups excluding carboxylic acids is 1. The first kappa shape index (κ1) is 13.7. The van der Waals surface area contributed by atoms with Gasteiger partial charge in [0.1, 0.15) is 13.2 Å². The average Bonchev–Trinajstić information content (AvgIpc) is 2.42. The molecule has 1 aromatic carbocycles. The van der Waals surface area contributed by atoms with Gasteiger partial charge in [-0.3, -0.25) is 4.79 Å². The summed E-state index contributed by atoms with van der Waals surface area (Å²) in [5, 5.41) is 6.03. The van der Waals surface area contributed by atoms with Gasteiger partial charge < -0.3 is 20.1 Å². The van der Waals surface area contributed by atoms with Gasteiger partial charge in [0, 0.05) is 20.0 Å². The fourth-order valence-electron chi connectivity index (χ4n) is 1.93. The SMILES string of the molecule is CC(=O)NCCNCCc1ccc2c(c1)OCCO2. The minimum Gasteiger partial charge on any atom is -0.486 e. The van der Waals surface area contributed by atoms with Crippen LogP contribution in [-0.2, 0) is 11.2 Å². The molecule has 0 fully saturated rings. The maximum absolute atomic E-state index is 10.7. The van der Waals surface area contributed by atoms with Crippen LogP contribution in [0.3, 0.4) is 0 Å². The summed E-state index contributed by atoms with van der Waals surface area (Å²) in [6, 6.07) is 6.05. The molecule has 1 aliphatic heterocycles. The van der Waals surface area contributed by atoms with Crippen molar-refractivity contribution in [3.63, 3.8) is 0 Å². The second-order valence-electron chi connectivity index (χ2n) is 4.46. The molecule has 5 nitrogen and oxygen atoms in total. The molecule has 0 saturated heterocycles. The Kier molecular flexibility index (Phi) is 5.03. The van der Waals surface area contributed by atoms with Crippen molar-refractivity contribution in [3.05, 3.63) is 23.8 Å². The van der Waals surface area contributed by atoms with Crippen molar-refractivity contribution in [2.45, 2.75) is 13.3 Å². The highest BCUT2D eigenvalue weighted by Crippen LogP contribution is 2.30. The zero-order chi connectivity index (χ0) is 13.5. The highest BCUT2D eigenvalue weighted by Gasteiger charge is 2.11. The van der Waals surface area contributed by atoms with Gasteiger partial charge in [0.15, 0.2) is 11.5 Å². The van der Waals surface area contributed by atoms with Gasteiger partial charge in [-0.15, -0.1) is 0 Å². The molecule has 2 N–H and O–H groups in total. The van der Waals surface area contributed by atoms with Gasteiger partial charge in [0.25, 0.3) is 0 Å². The normalized spacial score (nSPS) is 13.1. The van der Waals surface area contributed by atoms with Gasteiger partial charge in [-0.05, 0) is 30.7 Å². The molecule has 0 saturated carbocycles. The van der Waals surface area contributed by atoms with E-state index in [0.29, 0.717) is 19.8 Å². The fourth-order valence-corrected chi connectivity index (χ4v) is 1.93. The van der Waals surface area contributed by atoms with Crippen molar-refractivity contribution < 1.29 is 14.3 Å². The number of ether oxygens (including phenoxy) is 2. The van der Waals surface area contributed by atoms with Gasteiger partial charge in [-0.1, -0.05) is 6.07 Å². The van der Waals surface area contributed by atoms with Crippen LogP contribution in [0.5, 0.6) is 11.5 Å². The van der Waals surface area contributed by atoms with E-state index < -0.39 is 0 Å². The van der Waals surface area contributed by atoms with Gasteiger partial charge in [0.2, 0.25) is 5.91 Å². The zero-order valence-electron chi connectivity index (χ0n) is 11.2. The van der Waals surface area contributed by atoms with E-state index in [1.807, 2.05) is 12.1 Å². The third kappa shape index (κ3) is 4.44. The van der Waals surface area contributed by atoms with Crippen molar-refractivity contribution in [3.8, 4) is 11.5 Å². The molecule has 0 atom stereocenters. The Balaban J connectivity index is 1.70. The number of nitrogens with one attached hydrogen (secondary N) is 2. The maximum Gasteiger partial charge on any atom is 0.216 e. The Bertz CT molecular complexity index is 435. The van der Waals surface area contributed by atoms with Crippen molar-refractivity contribution in [1.29, 1.82) is 0 Å². The summed E-state index contributed by atoms with van der Waals surface area (Å²) in [5.74, 6) is 1.67. The molecule has 104 valence electrons. The molecule has 0 aromatic heterocycles. The summed E-state index contributed by atoms with van der Waals surface area (Å²) in [6.07, 6.45) is 0.927. The van der Waals surface area contributed by atoms with Crippen LogP contribution in [0.2, 0.25) is 0 Å². The fraction of sp³-hybridized carbons (Fsp3) is 0.500. The molecule has 0 unspecified atom stereocenters. The lowest BCUT2D eigenvalue weighted by Gasteiger charge is -2.18. The van der Waals surface area contributed by atoms with Gasteiger partial charge >= 0.3 is 0 Å². The number of hydrogen-bond donors (Lipinski definition) is 2. The van der Waals surface area contributed by atoms with E-state index in [9.17, 15) is 4.79 Å². The van der Waals surface area contributed by atoms with E-state index in [1.165, 1.54) is 12.5 Å². The Morgan fingerprint density at radius 3 is 2.74 bits per heavy atom. The minimum atomic E-state index is 0.00800. The summed E-state index contributed by atoms with van der Waals surface area (Å²) in [4.78, 5) is 10.7. The molecule has 19 heavy (non-hydrogen) atoms. The van der Waals surface area contributed by atoms with Gasteiger partial charge in [0.05, 0.1) is 0 Å². The molecule has 1 heterocycles. The molecule has 1 aromatic rings. The number of hydrogen-bond acceptors (Lipinski definition) is 4. The van der Waals surface area contributed by atoms with Crippen LogP contribution in [0.25, 0.3) is 0 Å². The van der Waals surface area contributed by atoms with Crippen molar-refractivity contribution in [2.24, 2.45) is 0 Å². The third-order valence-corrected chi connectivity index (χ3v) is 2.87. The van der Waals surface area contributed by atoms with E-state index in [4.69, 9.17) is 9.47 Å². The molecular formula is C14H20N2O3. The maximum atomic E-state index is 10.7. The van der Waals surface area contributed by atoms with Crippen LogP contribution in [-0.4, -0.2) is 38.8 Å². The van der Waals surface area contributed by atoms with E-state index in [0.717, 1.165) is 31.0 Å². The van der Waals surface area contributed by atoms with E-state index >= 15 is 0 Å². The minimum absolute atomic E-state index is 0.00800. The first-order valence-corrected chi connectivity index (χ1v) is 6.59. The predicted molar refractivity (Wildman–Crippen MR) is 72.7 cm³/mol. The molecule has 5 heteroatoms. The number of carbonyl (C=O) groups is 1. The summed E-state index contributed by atoms with van der Waals surface area (Å²) in [7, 11) is 0. The Labute approximate surface area is 113 Å². The van der Waals surface area contributed by atoms with Crippen LogP contribution < -0.4 is 20.1 Å². The van der Waals surface area contributed by atoms with E-state index in [2.05, 4.69) is 16.7 Å². The number of amides is 1. The van der Waals surface area contributed by atoms with Crippen LogP contribution in [0.15, 0.2) is 18.2 Å². The molecule has 1 aliphatic rings. The Morgan fingerprint density at radius 1 is 1.16 bits per heavy atom. The van der Waals surface area contributed by atoms with Crippen molar-refractivity contribution in [1.82, 2.24) is 10.6 Å². The van der Waals surface area contributed by atoms with E-state index in [-0.39, 0.29) is 5.91 Å². The zero-order valence-corrected chi connectivity index (χ0v) is 11.2. The monoisotopic (exact) mass is 264 g/mol. The average molecular weight is 264 g/mol. The van der Waals surface area contributed by atoms with Crippen LogP contribution in [0.1, 0.15) is 12.5 Å². The lowest BCUT2D eigenvalue weighted by Crippen LogP contribution is -2.31. The van der Waals surface area contributed by atoms with E-state index in [1.54, 1.807) is 0 Å². The summed E-state index contributed by atoms with van der Waals surface area (Å²) >= 11 is 0. The third-order valence-electron chi connectivity index (χ3n) is 2.87. The Morgan fingerprint density at radius 2 is 1.95 bits per heavy atom. The van der Waals surface area contributed by atoms with Gasteiger partial charge in [-0.25, -0.2) is 0 Å². The highest BCUT2D eigenvalue weighted by molar-refractivity contribution is 5.72. The quantitative estimate of drug-likeness (QED) is 0.744. The Hall–Kier alpha value is -1.75. The lowest BCUT2D eigenvalue weighted by atomic mass is 10.1. The smallest absolute Gasteiger partial charge is 0.216 e. The first-order valence-electron chi connectivity index (χ1n) is 6.59. The molecule has 1 amide bonds. The lowest BCUT2D eigenvalue weighted by molar-refractivity contribution is -0.118. The molecule has 0 radical (unpaired) electrons. The molecule has 2 rings (SSSR count). The topological polar surface area (TPSA) is 59.6 Å². The number of rotatable bonds is 6. The summed E-state index contributed by atoms with van der Waals surface area (Å²) < 4.78 is 11.0. The van der Waals surface area contributed by atoms with Crippen LogP contribution in [0, 0.1) is 0 Å². The summed E-state index contributed by atoms with van der Waals surface area (Å²) in [6.45, 7) is 5.08. The van der Waals surface area contributed by atoms with Crippen LogP contribution in [0.4, 0.5) is 0 Å². The molecule has 0 spiro atoms. The second-order valence-corrected chi connectivity index (χ2v) is 4.46. The van der Waals surface area contributed by atoms with Crippen molar-refractivity contribution in [2.75, 3.05) is 32.8 Å². The van der Waals surface area contributed by atoms with Crippen LogP contribution >= 0.6 is 0 Å².